The van der Waals surface area contributed by atoms with Crippen molar-refractivity contribution in [3.05, 3.63) is 23.1 Å². The smallest absolute Gasteiger partial charge is 0.379 e. The minimum Gasteiger partial charge on any atom is -0.462 e. The highest BCUT2D eigenvalue weighted by Gasteiger charge is 2.49. The maximum Gasteiger partial charge on any atom is 0.379 e. The van der Waals surface area contributed by atoms with E-state index in [9.17, 15) is 13.6 Å². The normalized spacial score (nSPS) is 12.8. The highest BCUT2D eigenvalue weighted by Crippen LogP contribution is 2.32. The van der Waals surface area contributed by atoms with Gasteiger partial charge in [-0.15, -0.1) is 12.4 Å². The van der Waals surface area contributed by atoms with Gasteiger partial charge in [0, 0.05) is 0 Å². The van der Waals surface area contributed by atoms with Crippen molar-refractivity contribution < 1.29 is 22.7 Å². The molecule has 0 amide bonds. The molecule has 1 rings (SSSR count). The van der Waals surface area contributed by atoms with E-state index in [1.54, 1.807) is 0 Å². The first-order valence-electron chi connectivity index (χ1n) is 4.45. The average Bonchev–Trinajstić information content (AvgIpc) is 2.64. The molecular weight excluding hydrogens is 279 g/mol. The fourth-order valence-electron chi connectivity index (χ4n) is 1.03. The lowest BCUT2D eigenvalue weighted by Gasteiger charge is -2.19. The Morgan fingerprint density at radius 1 is 1.65 bits per heavy atom. The van der Waals surface area contributed by atoms with Crippen LogP contribution < -0.4 is 5.73 Å². The number of hydrogen-bond donors (Lipinski definition) is 1. The first-order chi connectivity index (χ1) is 7.39. The Hall–Kier alpha value is -0.850. The molecule has 1 aromatic heterocycles. The molecule has 0 unspecified atom stereocenters. The van der Waals surface area contributed by atoms with Gasteiger partial charge in [-0.1, -0.05) is 0 Å². The molecule has 0 aromatic carbocycles. The molecule has 0 bridgehead atoms. The summed E-state index contributed by atoms with van der Waals surface area (Å²) in [7, 11) is 0. The third kappa shape index (κ3) is 3.55. The lowest BCUT2D eigenvalue weighted by Crippen LogP contribution is -2.41. The van der Waals surface area contributed by atoms with Crippen molar-refractivity contribution in [2.24, 2.45) is 5.73 Å². The van der Waals surface area contributed by atoms with Crippen molar-refractivity contribution in [1.82, 2.24) is 0 Å². The second kappa shape index (κ2) is 6.18. The average molecular weight is 290 g/mol. The van der Waals surface area contributed by atoms with Crippen molar-refractivity contribution in [3.8, 4) is 0 Å². The summed E-state index contributed by atoms with van der Waals surface area (Å²) >= 11 is 5.41. The number of carbonyl (C=O) groups excluding carboxylic acids is 1. The van der Waals surface area contributed by atoms with E-state index in [0.717, 1.165) is 0 Å². The topological polar surface area (TPSA) is 65.5 Å². The third-order valence-electron chi connectivity index (χ3n) is 1.84. The van der Waals surface area contributed by atoms with Crippen LogP contribution in [-0.2, 0) is 9.53 Å². The van der Waals surface area contributed by atoms with Crippen LogP contribution >= 0.6 is 24.0 Å². The fourth-order valence-corrected chi connectivity index (χ4v) is 1.18. The number of hydrogen-bond acceptors (Lipinski definition) is 4. The van der Waals surface area contributed by atoms with E-state index in [2.05, 4.69) is 4.74 Å². The van der Waals surface area contributed by atoms with Crippen LogP contribution in [0.15, 0.2) is 16.5 Å². The summed E-state index contributed by atoms with van der Waals surface area (Å²) in [6.07, 6.45) is 0. The molecular formula is C9H11Cl2F2NO3. The monoisotopic (exact) mass is 289 g/mol. The third-order valence-corrected chi connectivity index (χ3v) is 2.04. The molecule has 1 heterocycles. The molecule has 8 heteroatoms. The number of halogens is 4. The summed E-state index contributed by atoms with van der Waals surface area (Å²) in [5, 5.41) is -0.0786. The van der Waals surface area contributed by atoms with Gasteiger partial charge >= 0.3 is 11.9 Å². The number of furan rings is 1. The van der Waals surface area contributed by atoms with Gasteiger partial charge in [-0.2, -0.15) is 8.78 Å². The molecule has 0 spiro atoms. The molecule has 1 aromatic rings. The first-order valence-corrected chi connectivity index (χ1v) is 4.83. The summed E-state index contributed by atoms with van der Waals surface area (Å²) in [5.74, 6) is -5.81. The van der Waals surface area contributed by atoms with Gasteiger partial charge in [0.05, 0.1) is 6.61 Å². The molecule has 4 nitrogen and oxygen atoms in total. The molecule has 0 saturated heterocycles. The number of alkyl halides is 2. The SMILES string of the molecule is CCOC(=O)C(F)(F)[C@H](N)c1ccc(Cl)o1.Cl. The lowest BCUT2D eigenvalue weighted by molar-refractivity contribution is -0.175. The molecule has 0 aliphatic carbocycles. The van der Waals surface area contributed by atoms with Gasteiger partial charge in [0.15, 0.2) is 5.22 Å². The zero-order chi connectivity index (χ0) is 12.3. The van der Waals surface area contributed by atoms with Gasteiger partial charge in [-0.3, -0.25) is 0 Å². The second-order valence-corrected chi connectivity index (χ2v) is 3.34. The van der Waals surface area contributed by atoms with Crippen LogP contribution in [0.25, 0.3) is 0 Å². The Morgan fingerprint density at radius 2 is 2.24 bits per heavy atom. The summed E-state index contributed by atoms with van der Waals surface area (Å²) in [6.45, 7) is 1.27. The van der Waals surface area contributed by atoms with Crippen LogP contribution in [0.3, 0.4) is 0 Å². The molecule has 0 saturated carbocycles. The molecule has 0 fully saturated rings. The molecule has 0 radical (unpaired) electrons. The van der Waals surface area contributed by atoms with Crippen LogP contribution in [0.1, 0.15) is 18.7 Å². The summed E-state index contributed by atoms with van der Waals surface area (Å²) < 4.78 is 35.7. The Balaban J connectivity index is 0.00000256. The Kier molecular flexibility index (Phi) is 5.87. The Labute approximate surface area is 107 Å². The standard InChI is InChI=1S/C9H10ClF2NO3.ClH/c1-2-15-8(14)9(11,12)7(13)5-3-4-6(10)16-5;/h3-4,7H,2,13H2,1H3;1H/t7-;/m1./s1. The van der Waals surface area contributed by atoms with Crippen molar-refractivity contribution >= 4 is 30.0 Å². The van der Waals surface area contributed by atoms with E-state index < -0.39 is 17.9 Å². The van der Waals surface area contributed by atoms with E-state index in [1.807, 2.05) is 0 Å². The number of carbonyl (C=O) groups is 1. The molecule has 0 aliphatic rings. The van der Waals surface area contributed by atoms with Crippen LogP contribution in [0, 0.1) is 0 Å². The summed E-state index contributed by atoms with van der Waals surface area (Å²) in [5.41, 5.74) is 5.21. The molecule has 17 heavy (non-hydrogen) atoms. The highest BCUT2D eigenvalue weighted by atomic mass is 35.5. The second-order valence-electron chi connectivity index (χ2n) is 2.96. The van der Waals surface area contributed by atoms with Crippen molar-refractivity contribution in [2.45, 2.75) is 18.9 Å². The number of esters is 1. The van der Waals surface area contributed by atoms with E-state index in [1.165, 1.54) is 19.1 Å². The molecule has 98 valence electrons. The number of rotatable bonds is 4. The largest absolute Gasteiger partial charge is 0.462 e. The number of ether oxygens (including phenoxy) is 1. The fraction of sp³-hybridized carbons (Fsp3) is 0.444. The maximum absolute atomic E-state index is 13.4. The number of nitrogens with two attached hydrogens (primary N) is 1. The minimum absolute atomic E-state index is 0. The van der Waals surface area contributed by atoms with E-state index >= 15 is 0 Å². The zero-order valence-corrected chi connectivity index (χ0v) is 10.4. The molecule has 0 aliphatic heterocycles. The highest BCUT2D eigenvalue weighted by molar-refractivity contribution is 6.28. The van der Waals surface area contributed by atoms with Crippen molar-refractivity contribution in [2.75, 3.05) is 6.61 Å². The van der Waals surface area contributed by atoms with E-state index in [0.29, 0.717) is 0 Å². The molecule has 1 atom stereocenters. The molecule has 2 N–H and O–H groups in total. The first kappa shape index (κ1) is 16.1. The van der Waals surface area contributed by atoms with E-state index in [4.69, 9.17) is 21.8 Å². The van der Waals surface area contributed by atoms with Gasteiger partial charge in [0.2, 0.25) is 0 Å². The summed E-state index contributed by atoms with van der Waals surface area (Å²) in [4.78, 5) is 11.0. The Bertz CT molecular complexity index is 384. The van der Waals surface area contributed by atoms with Crippen LogP contribution in [0.2, 0.25) is 5.22 Å². The minimum atomic E-state index is -3.85. The van der Waals surface area contributed by atoms with Gasteiger partial charge < -0.3 is 14.9 Å². The quantitative estimate of drug-likeness (QED) is 0.865. The van der Waals surface area contributed by atoms with Crippen molar-refractivity contribution in [1.29, 1.82) is 0 Å². The van der Waals surface area contributed by atoms with E-state index in [-0.39, 0.29) is 30.0 Å². The predicted molar refractivity (Wildman–Crippen MR) is 59.5 cm³/mol. The van der Waals surface area contributed by atoms with Crippen LogP contribution in [-0.4, -0.2) is 18.5 Å². The maximum atomic E-state index is 13.4. The van der Waals surface area contributed by atoms with Gasteiger partial charge in [-0.05, 0) is 30.7 Å². The predicted octanol–water partition coefficient (Wildman–Crippen LogP) is 2.55. The Morgan fingerprint density at radius 3 is 2.65 bits per heavy atom. The lowest BCUT2D eigenvalue weighted by atomic mass is 10.1. The zero-order valence-electron chi connectivity index (χ0n) is 8.78. The van der Waals surface area contributed by atoms with Crippen LogP contribution in [0.5, 0.6) is 0 Å². The van der Waals surface area contributed by atoms with Crippen LogP contribution in [0.4, 0.5) is 8.78 Å². The summed E-state index contributed by atoms with van der Waals surface area (Å²) in [6, 6.07) is 0.525. The van der Waals surface area contributed by atoms with Crippen molar-refractivity contribution in [3.63, 3.8) is 0 Å². The van der Waals surface area contributed by atoms with Gasteiger partial charge in [0.25, 0.3) is 0 Å². The van der Waals surface area contributed by atoms with Gasteiger partial charge in [0.1, 0.15) is 11.8 Å². The van der Waals surface area contributed by atoms with Gasteiger partial charge in [-0.25, -0.2) is 4.79 Å².